The molecule has 1 rings (SSSR count). The lowest BCUT2D eigenvalue weighted by Gasteiger charge is -2.19. The molecule has 4 heteroatoms. The molecule has 0 aliphatic heterocycles. The molecule has 0 amide bonds. The second kappa shape index (κ2) is 8.67. The van der Waals surface area contributed by atoms with Gasteiger partial charge in [-0.05, 0) is 57.7 Å². The highest BCUT2D eigenvalue weighted by Gasteiger charge is 2.10. The van der Waals surface area contributed by atoms with Gasteiger partial charge in [-0.25, -0.2) is 4.39 Å². The highest BCUT2D eigenvalue weighted by atomic mass is 79.9. The highest BCUT2D eigenvalue weighted by molar-refractivity contribution is 9.10. The molecule has 2 nitrogen and oxygen atoms in total. The molecule has 0 bridgehead atoms. The molecule has 1 unspecified atom stereocenters. The van der Waals surface area contributed by atoms with E-state index in [0.29, 0.717) is 0 Å². The number of benzene rings is 1. The first kappa shape index (κ1) is 16.6. The Labute approximate surface area is 124 Å². The van der Waals surface area contributed by atoms with Crippen molar-refractivity contribution in [2.45, 2.75) is 33.2 Å². The summed E-state index contributed by atoms with van der Waals surface area (Å²) in [6.07, 6.45) is 1.08. The third-order valence-electron chi connectivity index (χ3n) is 3.42. The first-order chi connectivity index (χ1) is 9.08. The van der Waals surface area contributed by atoms with Crippen LogP contribution in [0.1, 0.15) is 38.8 Å². The van der Waals surface area contributed by atoms with Crippen molar-refractivity contribution in [2.75, 3.05) is 26.2 Å². The second-order valence-corrected chi connectivity index (χ2v) is 5.64. The van der Waals surface area contributed by atoms with E-state index in [1.54, 1.807) is 6.07 Å². The average Bonchev–Trinajstić information content (AvgIpc) is 2.41. The van der Waals surface area contributed by atoms with E-state index in [9.17, 15) is 4.39 Å². The molecule has 0 radical (unpaired) electrons. The topological polar surface area (TPSA) is 15.3 Å². The molecule has 0 aliphatic rings. The largest absolute Gasteiger partial charge is 0.310 e. The smallest absolute Gasteiger partial charge is 0.128 e. The van der Waals surface area contributed by atoms with Crippen LogP contribution in [-0.2, 0) is 0 Å². The summed E-state index contributed by atoms with van der Waals surface area (Å²) in [5.41, 5.74) is 0.720. The summed E-state index contributed by atoms with van der Waals surface area (Å²) in [5, 5.41) is 3.38. The monoisotopic (exact) mass is 330 g/mol. The molecule has 0 heterocycles. The molecule has 0 spiro atoms. The standard InChI is InChI=1S/C15H24BrFN2/c1-4-19(5-2)10-6-9-18-12(3)14-11-13(16)7-8-15(14)17/h7-8,11-12,18H,4-6,9-10H2,1-3H3. The van der Waals surface area contributed by atoms with Gasteiger partial charge in [-0.2, -0.15) is 0 Å². The predicted molar refractivity (Wildman–Crippen MR) is 82.9 cm³/mol. The Morgan fingerprint density at radius 3 is 2.63 bits per heavy atom. The van der Waals surface area contributed by atoms with Crippen molar-refractivity contribution in [1.29, 1.82) is 0 Å². The third-order valence-corrected chi connectivity index (χ3v) is 3.91. The Morgan fingerprint density at radius 1 is 1.32 bits per heavy atom. The van der Waals surface area contributed by atoms with Gasteiger partial charge in [-0.15, -0.1) is 0 Å². The van der Waals surface area contributed by atoms with E-state index in [2.05, 4.69) is 40.0 Å². The lowest BCUT2D eigenvalue weighted by atomic mass is 10.1. The molecule has 108 valence electrons. The van der Waals surface area contributed by atoms with Gasteiger partial charge < -0.3 is 10.2 Å². The van der Waals surface area contributed by atoms with Crippen LogP contribution in [0, 0.1) is 5.82 Å². The zero-order valence-corrected chi connectivity index (χ0v) is 13.6. The van der Waals surface area contributed by atoms with Gasteiger partial charge in [0, 0.05) is 16.1 Å². The van der Waals surface area contributed by atoms with Crippen molar-refractivity contribution in [3.05, 3.63) is 34.1 Å². The van der Waals surface area contributed by atoms with E-state index in [1.807, 2.05) is 13.0 Å². The zero-order chi connectivity index (χ0) is 14.3. The summed E-state index contributed by atoms with van der Waals surface area (Å²) >= 11 is 3.38. The minimum atomic E-state index is -0.146. The minimum Gasteiger partial charge on any atom is -0.310 e. The van der Waals surface area contributed by atoms with Crippen molar-refractivity contribution < 1.29 is 4.39 Å². The maximum atomic E-state index is 13.7. The molecular weight excluding hydrogens is 307 g/mol. The third kappa shape index (κ3) is 5.59. The molecule has 1 N–H and O–H groups in total. The van der Waals surface area contributed by atoms with Crippen LogP contribution in [0.3, 0.4) is 0 Å². The van der Waals surface area contributed by atoms with E-state index in [-0.39, 0.29) is 11.9 Å². The molecule has 19 heavy (non-hydrogen) atoms. The van der Waals surface area contributed by atoms with Gasteiger partial charge in [0.15, 0.2) is 0 Å². The highest BCUT2D eigenvalue weighted by Crippen LogP contribution is 2.21. The van der Waals surface area contributed by atoms with Gasteiger partial charge in [-0.3, -0.25) is 0 Å². The van der Waals surface area contributed by atoms with Crippen LogP contribution in [0.2, 0.25) is 0 Å². The number of nitrogens with one attached hydrogen (secondary N) is 1. The summed E-state index contributed by atoms with van der Waals surface area (Å²) in [5.74, 6) is -0.146. The van der Waals surface area contributed by atoms with Crippen molar-refractivity contribution in [3.8, 4) is 0 Å². The first-order valence-corrected chi connectivity index (χ1v) is 7.78. The van der Waals surface area contributed by atoms with Crippen LogP contribution < -0.4 is 5.32 Å². The molecule has 0 saturated carbocycles. The van der Waals surface area contributed by atoms with Crippen molar-refractivity contribution >= 4 is 15.9 Å². The quantitative estimate of drug-likeness (QED) is 0.725. The molecule has 1 aromatic rings. The van der Waals surface area contributed by atoms with Gasteiger partial charge in [0.25, 0.3) is 0 Å². The summed E-state index contributed by atoms with van der Waals surface area (Å²) in [6.45, 7) is 10.5. The van der Waals surface area contributed by atoms with Crippen molar-refractivity contribution in [2.24, 2.45) is 0 Å². The van der Waals surface area contributed by atoms with Crippen LogP contribution in [0.15, 0.2) is 22.7 Å². The van der Waals surface area contributed by atoms with Crippen LogP contribution in [0.25, 0.3) is 0 Å². The van der Waals surface area contributed by atoms with Crippen LogP contribution in [0.4, 0.5) is 4.39 Å². The van der Waals surface area contributed by atoms with Gasteiger partial charge in [0.2, 0.25) is 0 Å². The summed E-state index contributed by atoms with van der Waals surface area (Å²) in [7, 11) is 0. The van der Waals surface area contributed by atoms with Gasteiger partial charge >= 0.3 is 0 Å². The SMILES string of the molecule is CCN(CC)CCCNC(C)c1cc(Br)ccc1F. The lowest BCUT2D eigenvalue weighted by Crippen LogP contribution is -2.28. The van der Waals surface area contributed by atoms with E-state index in [4.69, 9.17) is 0 Å². The average molecular weight is 331 g/mol. The Bertz CT molecular complexity index is 380. The van der Waals surface area contributed by atoms with Gasteiger partial charge in [0.1, 0.15) is 5.82 Å². The second-order valence-electron chi connectivity index (χ2n) is 4.72. The maximum Gasteiger partial charge on any atom is 0.128 e. The number of rotatable bonds is 8. The Balaban J connectivity index is 2.39. The normalized spacial score (nSPS) is 12.9. The number of hydrogen-bond donors (Lipinski definition) is 1. The van der Waals surface area contributed by atoms with E-state index in [1.165, 1.54) is 6.07 Å². The van der Waals surface area contributed by atoms with Crippen LogP contribution in [-0.4, -0.2) is 31.1 Å². The molecule has 0 aromatic heterocycles. The fourth-order valence-electron chi connectivity index (χ4n) is 2.12. The Hall–Kier alpha value is -0.450. The van der Waals surface area contributed by atoms with Crippen LogP contribution in [0.5, 0.6) is 0 Å². The summed E-state index contributed by atoms with van der Waals surface area (Å²) in [6, 6.07) is 5.12. The molecule has 0 aliphatic carbocycles. The number of nitrogens with zero attached hydrogens (tertiary/aromatic N) is 1. The predicted octanol–water partition coefficient (Wildman–Crippen LogP) is 3.97. The molecule has 1 aromatic carbocycles. The number of halogens is 2. The van der Waals surface area contributed by atoms with Crippen molar-refractivity contribution in [1.82, 2.24) is 10.2 Å². The summed E-state index contributed by atoms with van der Waals surface area (Å²) in [4.78, 5) is 2.39. The fourth-order valence-corrected chi connectivity index (χ4v) is 2.50. The lowest BCUT2D eigenvalue weighted by molar-refractivity contribution is 0.296. The molecule has 0 saturated heterocycles. The molecule has 1 atom stereocenters. The van der Waals surface area contributed by atoms with E-state index >= 15 is 0 Å². The fraction of sp³-hybridized carbons (Fsp3) is 0.600. The van der Waals surface area contributed by atoms with E-state index in [0.717, 1.165) is 42.6 Å². The minimum absolute atomic E-state index is 0.0363. The zero-order valence-electron chi connectivity index (χ0n) is 12.0. The molecule has 0 fully saturated rings. The number of hydrogen-bond acceptors (Lipinski definition) is 2. The Kier molecular flexibility index (Phi) is 7.57. The van der Waals surface area contributed by atoms with Gasteiger partial charge in [0.05, 0.1) is 0 Å². The van der Waals surface area contributed by atoms with Crippen molar-refractivity contribution in [3.63, 3.8) is 0 Å². The maximum absolute atomic E-state index is 13.7. The summed E-state index contributed by atoms with van der Waals surface area (Å²) < 4.78 is 14.6. The van der Waals surface area contributed by atoms with Gasteiger partial charge in [-0.1, -0.05) is 29.8 Å². The first-order valence-electron chi connectivity index (χ1n) is 6.99. The Morgan fingerprint density at radius 2 is 2.00 bits per heavy atom. The van der Waals surface area contributed by atoms with Crippen LogP contribution >= 0.6 is 15.9 Å². The molecular formula is C15H24BrFN2. The van der Waals surface area contributed by atoms with E-state index < -0.39 is 0 Å².